The van der Waals surface area contributed by atoms with E-state index < -0.39 is 17.3 Å². The molecule has 0 aromatic heterocycles. The number of rotatable bonds is 4. The molecule has 0 bridgehead atoms. The van der Waals surface area contributed by atoms with Crippen molar-refractivity contribution in [3.05, 3.63) is 35.4 Å². The number of nitrogens with two attached hydrogens (primary N) is 1. The van der Waals surface area contributed by atoms with Crippen LogP contribution < -0.4 is 5.73 Å². The van der Waals surface area contributed by atoms with Gasteiger partial charge >= 0.3 is 6.18 Å². The molecule has 2 rings (SSSR count). The number of ketones is 1. The van der Waals surface area contributed by atoms with Gasteiger partial charge in [0.1, 0.15) is 5.78 Å². The summed E-state index contributed by atoms with van der Waals surface area (Å²) in [5.74, 6) is -0.0958. The van der Waals surface area contributed by atoms with E-state index in [1.54, 1.807) is 0 Å². The van der Waals surface area contributed by atoms with Crippen LogP contribution in [-0.2, 0) is 17.4 Å². The highest BCUT2D eigenvalue weighted by Gasteiger charge is 2.34. The Labute approximate surface area is 109 Å². The van der Waals surface area contributed by atoms with Crippen LogP contribution in [-0.4, -0.2) is 11.3 Å². The van der Waals surface area contributed by atoms with E-state index in [-0.39, 0.29) is 18.6 Å². The second kappa shape index (κ2) is 4.96. The predicted molar refractivity (Wildman–Crippen MR) is 65.5 cm³/mol. The van der Waals surface area contributed by atoms with Gasteiger partial charge in [0.2, 0.25) is 0 Å². The Morgan fingerprint density at radius 2 is 2.00 bits per heavy atom. The number of hydrogen-bond acceptors (Lipinski definition) is 2. The number of Topliss-reactive ketones (excluding diaryl/α,β-unsaturated/α-hetero) is 1. The highest BCUT2D eigenvalue weighted by molar-refractivity contribution is 5.82. The molecule has 0 aliphatic heterocycles. The first kappa shape index (κ1) is 14.1. The minimum absolute atomic E-state index is 0.0167. The van der Waals surface area contributed by atoms with Crippen molar-refractivity contribution in [3.63, 3.8) is 0 Å². The molecule has 2 nitrogen and oxygen atoms in total. The normalized spacial score (nSPS) is 17.9. The van der Waals surface area contributed by atoms with Gasteiger partial charge in [0.25, 0.3) is 0 Å². The molecule has 1 aromatic rings. The summed E-state index contributed by atoms with van der Waals surface area (Å²) in [6, 6.07) is 4.90. The van der Waals surface area contributed by atoms with Gasteiger partial charge in [-0.25, -0.2) is 0 Å². The van der Waals surface area contributed by atoms with Gasteiger partial charge in [-0.05, 0) is 30.9 Å². The van der Waals surface area contributed by atoms with Crippen LogP contribution in [0.4, 0.5) is 13.2 Å². The second-order valence-electron chi connectivity index (χ2n) is 5.31. The summed E-state index contributed by atoms with van der Waals surface area (Å²) >= 11 is 0. The van der Waals surface area contributed by atoms with Crippen molar-refractivity contribution in [1.82, 2.24) is 0 Å². The van der Waals surface area contributed by atoms with Crippen molar-refractivity contribution in [2.24, 2.45) is 5.73 Å². The van der Waals surface area contributed by atoms with E-state index in [1.807, 2.05) is 0 Å². The molecule has 0 spiro atoms. The van der Waals surface area contributed by atoms with Crippen LogP contribution in [0.2, 0.25) is 0 Å². The van der Waals surface area contributed by atoms with Crippen molar-refractivity contribution in [2.75, 3.05) is 0 Å². The zero-order valence-corrected chi connectivity index (χ0v) is 10.5. The zero-order valence-electron chi connectivity index (χ0n) is 10.5. The maximum atomic E-state index is 12.5. The molecule has 0 atom stereocenters. The van der Waals surface area contributed by atoms with Crippen LogP contribution in [0.25, 0.3) is 0 Å². The SMILES string of the molecule is NC1(CC(=O)Cc2cccc(C(F)(F)F)c2)CCC1. The van der Waals surface area contributed by atoms with Crippen molar-refractivity contribution in [3.8, 4) is 0 Å². The predicted octanol–water partition coefficient (Wildman–Crippen LogP) is 3.09. The average molecular weight is 271 g/mol. The standard InChI is InChI=1S/C14H16F3NO/c15-14(16,17)11-4-1-3-10(7-11)8-12(19)9-13(18)5-2-6-13/h1,3-4,7H,2,5-6,8-9,18H2. The quantitative estimate of drug-likeness (QED) is 0.914. The summed E-state index contributed by atoms with van der Waals surface area (Å²) in [6.45, 7) is 0. The third-order valence-corrected chi connectivity index (χ3v) is 3.55. The number of benzene rings is 1. The molecule has 5 heteroatoms. The molecule has 1 fully saturated rings. The van der Waals surface area contributed by atoms with E-state index >= 15 is 0 Å². The largest absolute Gasteiger partial charge is 0.416 e. The van der Waals surface area contributed by atoms with Gasteiger partial charge in [-0.3, -0.25) is 4.79 Å². The van der Waals surface area contributed by atoms with Crippen LogP contribution in [0.1, 0.15) is 36.8 Å². The van der Waals surface area contributed by atoms with Gasteiger partial charge in [0.05, 0.1) is 5.56 Å². The molecule has 2 N–H and O–H groups in total. The highest BCUT2D eigenvalue weighted by atomic mass is 19.4. The fourth-order valence-corrected chi connectivity index (χ4v) is 2.35. The fourth-order valence-electron chi connectivity index (χ4n) is 2.35. The van der Waals surface area contributed by atoms with Gasteiger partial charge in [0, 0.05) is 18.4 Å². The Kier molecular flexibility index (Phi) is 3.67. The van der Waals surface area contributed by atoms with Crippen LogP contribution in [0.3, 0.4) is 0 Å². The fraction of sp³-hybridized carbons (Fsp3) is 0.500. The Bertz CT molecular complexity index is 478. The number of hydrogen-bond donors (Lipinski definition) is 1. The monoisotopic (exact) mass is 271 g/mol. The summed E-state index contributed by atoms with van der Waals surface area (Å²) in [4.78, 5) is 11.8. The van der Waals surface area contributed by atoms with E-state index in [1.165, 1.54) is 12.1 Å². The Balaban J connectivity index is 2.01. The van der Waals surface area contributed by atoms with E-state index in [2.05, 4.69) is 0 Å². The summed E-state index contributed by atoms with van der Waals surface area (Å²) in [5, 5.41) is 0. The van der Waals surface area contributed by atoms with E-state index in [4.69, 9.17) is 5.73 Å². The van der Waals surface area contributed by atoms with E-state index in [9.17, 15) is 18.0 Å². The summed E-state index contributed by atoms with van der Waals surface area (Å²) in [5.41, 5.74) is 5.21. The molecule has 0 radical (unpaired) electrons. The summed E-state index contributed by atoms with van der Waals surface area (Å²) in [7, 11) is 0. The number of alkyl halides is 3. The lowest BCUT2D eigenvalue weighted by Crippen LogP contribution is -2.48. The Hall–Kier alpha value is -1.36. The van der Waals surface area contributed by atoms with Gasteiger partial charge < -0.3 is 5.73 Å². The van der Waals surface area contributed by atoms with Crippen molar-refractivity contribution >= 4 is 5.78 Å². The molecule has 104 valence electrons. The molecule has 1 saturated carbocycles. The van der Waals surface area contributed by atoms with Crippen LogP contribution in [0.5, 0.6) is 0 Å². The maximum absolute atomic E-state index is 12.5. The topological polar surface area (TPSA) is 43.1 Å². The van der Waals surface area contributed by atoms with Gasteiger partial charge in [-0.1, -0.05) is 18.2 Å². The molecule has 19 heavy (non-hydrogen) atoms. The van der Waals surface area contributed by atoms with Crippen LogP contribution in [0.15, 0.2) is 24.3 Å². The number of halogens is 3. The highest BCUT2D eigenvalue weighted by Crippen LogP contribution is 2.33. The van der Waals surface area contributed by atoms with E-state index in [0.29, 0.717) is 5.56 Å². The first-order chi connectivity index (χ1) is 8.78. The lowest BCUT2D eigenvalue weighted by atomic mass is 9.74. The molecule has 1 aliphatic rings. The molecule has 0 unspecified atom stereocenters. The molecule has 0 amide bonds. The van der Waals surface area contributed by atoms with Gasteiger partial charge in [-0.2, -0.15) is 13.2 Å². The zero-order chi connectivity index (χ0) is 14.1. The molecular weight excluding hydrogens is 255 g/mol. The Morgan fingerprint density at radius 1 is 1.32 bits per heavy atom. The molecule has 1 aromatic carbocycles. The summed E-state index contributed by atoms with van der Waals surface area (Å²) in [6.07, 6.45) is -1.44. The van der Waals surface area contributed by atoms with Crippen molar-refractivity contribution in [1.29, 1.82) is 0 Å². The van der Waals surface area contributed by atoms with Crippen LogP contribution >= 0.6 is 0 Å². The maximum Gasteiger partial charge on any atom is 0.416 e. The number of carbonyl (C=O) groups is 1. The number of carbonyl (C=O) groups excluding carboxylic acids is 1. The first-order valence-corrected chi connectivity index (χ1v) is 6.25. The van der Waals surface area contributed by atoms with Crippen molar-refractivity contribution in [2.45, 2.75) is 43.8 Å². The Morgan fingerprint density at radius 3 is 2.53 bits per heavy atom. The van der Waals surface area contributed by atoms with Gasteiger partial charge in [-0.15, -0.1) is 0 Å². The second-order valence-corrected chi connectivity index (χ2v) is 5.31. The minimum Gasteiger partial charge on any atom is -0.325 e. The summed E-state index contributed by atoms with van der Waals surface area (Å²) < 4.78 is 37.6. The molecule has 1 aliphatic carbocycles. The van der Waals surface area contributed by atoms with Crippen molar-refractivity contribution < 1.29 is 18.0 Å². The molecular formula is C14H16F3NO. The minimum atomic E-state index is -4.37. The van der Waals surface area contributed by atoms with E-state index in [0.717, 1.165) is 31.4 Å². The molecule has 0 heterocycles. The average Bonchev–Trinajstić information content (AvgIpc) is 2.26. The third kappa shape index (κ3) is 3.56. The smallest absolute Gasteiger partial charge is 0.325 e. The first-order valence-electron chi connectivity index (χ1n) is 6.25. The molecule has 0 saturated heterocycles. The van der Waals surface area contributed by atoms with Gasteiger partial charge in [0.15, 0.2) is 0 Å². The third-order valence-electron chi connectivity index (χ3n) is 3.55. The lowest BCUT2D eigenvalue weighted by Gasteiger charge is -2.37. The lowest BCUT2D eigenvalue weighted by molar-refractivity contribution is -0.137. The van der Waals surface area contributed by atoms with Crippen LogP contribution in [0, 0.1) is 0 Å².